The Balaban J connectivity index is 1.83. The average Bonchev–Trinajstić information content (AvgIpc) is 3.18. The molecular formula is C15H20N2O2. The Bertz CT molecular complexity index is 475. The van der Waals surface area contributed by atoms with Gasteiger partial charge in [0.1, 0.15) is 0 Å². The number of aromatic nitrogens is 1. The van der Waals surface area contributed by atoms with Crippen LogP contribution in [0.1, 0.15) is 32.3 Å². The maximum Gasteiger partial charge on any atom is 0.244 e. The van der Waals surface area contributed by atoms with Gasteiger partial charge in [-0.05, 0) is 44.2 Å². The number of nitrogens with zero attached hydrogens (tertiary/aromatic N) is 1. The molecule has 0 saturated heterocycles. The smallest absolute Gasteiger partial charge is 0.244 e. The zero-order valence-electron chi connectivity index (χ0n) is 11.5. The molecule has 0 unspecified atom stereocenters. The minimum atomic E-state index is -0.0720. The number of nitrogens with one attached hydrogen (secondary N) is 1. The van der Waals surface area contributed by atoms with E-state index in [9.17, 15) is 4.79 Å². The van der Waals surface area contributed by atoms with Crippen LogP contribution in [-0.2, 0) is 11.3 Å². The molecule has 0 spiro atoms. The second-order valence-corrected chi connectivity index (χ2v) is 5.20. The number of hydrogen-bond donors (Lipinski definition) is 1. The number of allylic oxidation sites excluding steroid dienone is 1. The van der Waals surface area contributed by atoms with Crippen LogP contribution in [0.4, 0.5) is 0 Å². The summed E-state index contributed by atoms with van der Waals surface area (Å²) in [6.07, 6.45) is 5.83. The Hall–Kier alpha value is -1.84. The van der Waals surface area contributed by atoms with Crippen LogP contribution >= 0.6 is 0 Å². The van der Waals surface area contributed by atoms with E-state index >= 15 is 0 Å². The lowest BCUT2D eigenvalue weighted by atomic mass is 10.2. The highest BCUT2D eigenvalue weighted by Gasteiger charge is 2.22. The molecule has 0 aliphatic heterocycles. The summed E-state index contributed by atoms with van der Waals surface area (Å²) in [7, 11) is 0. The second kappa shape index (κ2) is 6.36. The number of rotatable bonds is 6. The van der Waals surface area contributed by atoms with E-state index in [1.807, 2.05) is 26.0 Å². The summed E-state index contributed by atoms with van der Waals surface area (Å²) in [4.78, 5) is 15.7. The van der Waals surface area contributed by atoms with E-state index in [-0.39, 0.29) is 5.91 Å². The zero-order chi connectivity index (χ0) is 13.7. The molecule has 102 valence electrons. The number of carbonyl (C=O) groups is 1. The van der Waals surface area contributed by atoms with Gasteiger partial charge in [-0.15, -0.1) is 0 Å². The summed E-state index contributed by atoms with van der Waals surface area (Å²) in [6, 6.07) is 3.76. The maximum atomic E-state index is 11.5. The zero-order valence-corrected chi connectivity index (χ0v) is 11.5. The Kier molecular flexibility index (Phi) is 4.55. The van der Waals surface area contributed by atoms with Gasteiger partial charge in [0.2, 0.25) is 11.8 Å². The fraction of sp³-hybridized carbons (Fsp3) is 0.467. The van der Waals surface area contributed by atoms with Gasteiger partial charge in [-0.1, -0.05) is 5.57 Å². The molecule has 1 saturated carbocycles. The Morgan fingerprint density at radius 2 is 2.32 bits per heavy atom. The van der Waals surface area contributed by atoms with Crippen LogP contribution in [-0.4, -0.2) is 17.5 Å². The molecular weight excluding hydrogens is 240 g/mol. The third-order valence-corrected chi connectivity index (χ3v) is 2.85. The number of amides is 1. The van der Waals surface area contributed by atoms with E-state index in [1.165, 1.54) is 12.8 Å². The number of pyridine rings is 1. The molecule has 4 heteroatoms. The van der Waals surface area contributed by atoms with E-state index in [4.69, 9.17) is 4.74 Å². The standard InChI is InChI=1S/C15H20N2O2/c1-11(2)7-14(18)17-9-13-5-6-16-15(8-13)19-10-12-3-4-12/h5-8,12H,3-4,9-10H2,1-2H3,(H,17,18). The summed E-state index contributed by atoms with van der Waals surface area (Å²) in [6.45, 7) is 5.04. The van der Waals surface area contributed by atoms with Gasteiger partial charge in [-0.2, -0.15) is 0 Å². The molecule has 19 heavy (non-hydrogen) atoms. The van der Waals surface area contributed by atoms with Crippen LogP contribution in [0.15, 0.2) is 30.0 Å². The molecule has 1 fully saturated rings. The van der Waals surface area contributed by atoms with Gasteiger partial charge in [0.05, 0.1) is 6.61 Å². The maximum absolute atomic E-state index is 11.5. The Labute approximate surface area is 113 Å². The molecule has 1 aromatic rings. The molecule has 2 rings (SSSR count). The van der Waals surface area contributed by atoms with Crippen LogP contribution in [0.5, 0.6) is 5.88 Å². The van der Waals surface area contributed by atoms with Gasteiger partial charge in [-0.3, -0.25) is 4.79 Å². The highest BCUT2D eigenvalue weighted by Crippen LogP contribution is 2.29. The van der Waals surface area contributed by atoms with Crippen LogP contribution in [0.25, 0.3) is 0 Å². The summed E-state index contributed by atoms with van der Waals surface area (Å²) < 4.78 is 5.61. The largest absolute Gasteiger partial charge is 0.477 e. The molecule has 0 radical (unpaired) electrons. The van der Waals surface area contributed by atoms with Gasteiger partial charge >= 0.3 is 0 Å². The molecule has 0 atom stereocenters. The first-order chi connectivity index (χ1) is 9.13. The van der Waals surface area contributed by atoms with E-state index in [0.717, 1.165) is 17.7 Å². The minimum Gasteiger partial charge on any atom is -0.477 e. The van der Waals surface area contributed by atoms with Crippen molar-refractivity contribution in [2.75, 3.05) is 6.61 Å². The lowest BCUT2D eigenvalue weighted by Gasteiger charge is -2.07. The van der Waals surface area contributed by atoms with E-state index in [2.05, 4.69) is 10.3 Å². The molecule has 1 N–H and O–H groups in total. The van der Waals surface area contributed by atoms with Crippen LogP contribution < -0.4 is 10.1 Å². The Morgan fingerprint density at radius 3 is 3.00 bits per heavy atom. The van der Waals surface area contributed by atoms with Gasteiger partial charge < -0.3 is 10.1 Å². The number of hydrogen-bond acceptors (Lipinski definition) is 3. The topological polar surface area (TPSA) is 51.2 Å². The van der Waals surface area contributed by atoms with Crippen molar-refractivity contribution in [3.05, 3.63) is 35.5 Å². The van der Waals surface area contributed by atoms with Crippen molar-refractivity contribution in [2.45, 2.75) is 33.2 Å². The molecule has 1 heterocycles. The summed E-state index contributed by atoms with van der Waals surface area (Å²) >= 11 is 0. The average molecular weight is 260 g/mol. The molecule has 0 bridgehead atoms. The van der Waals surface area contributed by atoms with Crippen LogP contribution in [0, 0.1) is 5.92 Å². The molecule has 1 amide bonds. The summed E-state index contributed by atoms with van der Waals surface area (Å²) in [5.41, 5.74) is 1.98. The second-order valence-electron chi connectivity index (χ2n) is 5.20. The first-order valence-electron chi connectivity index (χ1n) is 6.64. The normalized spacial score (nSPS) is 13.8. The van der Waals surface area contributed by atoms with Gasteiger partial charge in [0.15, 0.2) is 0 Å². The highest BCUT2D eigenvalue weighted by atomic mass is 16.5. The van der Waals surface area contributed by atoms with Crippen molar-refractivity contribution in [2.24, 2.45) is 5.92 Å². The molecule has 1 aliphatic rings. The third kappa shape index (κ3) is 5.12. The van der Waals surface area contributed by atoms with Crippen molar-refractivity contribution in [3.8, 4) is 5.88 Å². The minimum absolute atomic E-state index is 0.0720. The SMILES string of the molecule is CC(C)=CC(=O)NCc1ccnc(OCC2CC2)c1. The molecule has 1 aromatic heterocycles. The molecule has 0 aromatic carbocycles. The first-order valence-corrected chi connectivity index (χ1v) is 6.64. The van der Waals surface area contributed by atoms with Crippen molar-refractivity contribution in [3.63, 3.8) is 0 Å². The number of carbonyl (C=O) groups excluding carboxylic acids is 1. The lowest BCUT2D eigenvalue weighted by Crippen LogP contribution is -2.20. The predicted molar refractivity (Wildman–Crippen MR) is 73.7 cm³/mol. The van der Waals surface area contributed by atoms with E-state index in [0.29, 0.717) is 18.3 Å². The van der Waals surface area contributed by atoms with Crippen molar-refractivity contribution in [1.82, 2.24) is 10.3 Å². The van der Waals surface area contributed by atoms with Crippen LogP contribution in [0.2, 0.25) is 0 Å². The highest BCUT2D eigenvalue weighted by molar-refractivity contribution is 5.87. The summed E-state index contributed by atoms with van der Waals surface area (Å²) in [5.74, 6) is 1.28. The fourth-order valence-electron chi connectivity index (χ4n) is 1.63. The van der Waals surface area contributed by atoms with Crippen molar-refractivity contribution < 1.29 is 9.53 Å². The van der Waals surface area contributed by atoms with Crippen molar-refractivity contribution >= 4 is 5.91 Å². The number of ether oxygens (including phenoxy) is 1. The van der Waals surface area contributed by atoms with Crippen LogP contribution in [0.3, 0.4) is 0 Å². The van der Waals surface area contributed by atoms with Gasteiger partial charge in [0, 0.05) is 24.9 Å². The summed E-state index contributed by atoms with van der Waals surface area (Å²) in [5, 5.41) is 2.84. The predicted octanol–water partition coefficient (Wildman–Crippen LogP) is 2.45. The van der Waals surface area contributed by atoms with Gasteiger partial charge in [0.25, 0.3) is 0 Å². The van der Waals surface area contributed by atoms with Crippen molar-refractivity contribution in [1.29, 1.82) is 0 Å². The quantitative estimate of drug-likeness (QED) is 0.799. The third-order valence-electron chi connectivity index (χ3n) is 2.85. The van der Waals surface area contributed by atoms with E-state index in [1.54, 1.807) is 12.3 Å². The Morgan fingerprint density at radius 1 is 1.53 bits per heavy atom. The fourth-order valence-corrected chi connectivity index (χ4v) is 1.63. The first kappa shape index (κ1) is 13.6. The lowest BCUT2D eigenvalue weighted by molar-refractivity contribution is -0.116. The molecule has 4 nitrogen and oxygen atoms in total. The van der Waals surface area contributed by atoms with Gasteiger partial charge in [-0.25, -0.2) is 4.98 Å². The monoisotopic (exact) mass is 260 g/mol. The van der Waals surface area contributed by atoms with E-state index < -0.39 is 0 Å². The molecule has 1 aliphatic carbocycles.